The number of rotatable bonds is 3. The van der Waals surface area contributed by atoms with Crippen molar-refractivity contribution in [1.29, 1.82) is 0 Å². The lowest BCUT2D eigenvalue weighted by molar-refractivity contribution is 1.10. The lowest BCUT2D eigenvalue weighted by atomic mass is 10.0. The second-order valence-electron chi connectivity index (χ2n) is 7.24. The summed E-state index contributed by atoms with van der Waals surface area (Å²) in [6.45, 7) is 0. The molecule has 148 valence electrons. The molecular formula is C23H16N8. The van der Waals surface area contributed by atoms with Gasteiger partial charge >= 0.3 is 0 Å². The van der Waals surface area contributed by atoms with E-state index in [-0.39, 0.29) is 0 Å². The summed E-state index contributed by atoms with van der Waals surface area (Å²) in [4.78, 5) is 20.7. The molecule has 0 atom stereocenters. The van der Waals surface area contributed by atoms with Crippen molar-refractivity contribution in [2.75, 3.05) is 5.73 Å². The Kier molecular flexibility index (Phi) is 3.76. The molecule has 0 aliphatic rings. The Morgan fingerprint density at radius 2 is 1.58 bits per heavy atom. The van der Waals surface area contributed by atoms with Crippen LogP contribution in [0.2, 0.25) is 0 Å². The number of H-pyrrole nitrogens is 2. The SMILES string of the molecule is Nc1cncc(-c2cnc3[nH]nc(-c4cc5c(-c6ccncc6)ccnc5[nH]4)c3c2)c1. The number of aromatic nitrogens is 7. The van der Waals surface area contributed by atoms with Crippen molar-refractivity contribution in [3.05, 3.63) is 73.6 Å². The predicted octanol–water partition coefficient (Wildman–Crippen LogP) is 4.21. The first kappa shape index (κ1) is 17.3. The fraction of sp³-hybridized carbons (Fsp3) is 0. The van der Waals surface area contributed by atoms with Crippen LogP contribution in [-0.2, 0) is 0 Å². The van der Waals surface area contributed by atoms with Gasteiger partial charge < -0.3 is 10.7 Å². The van der Waals surface area contributed by atoms with Crippen LogP contribution in [0.5, 0.6) is 0 Å². The standard InChI is InChI=1S/C23H16N8/c24-16-7-14(10-26-12-16)15-8-19-21(30-31-23(19)28-11-15)20-9-18-17(3-6-27-22(18)29-20)13-1-4-25-5-2-13/h1-12H,24H2,(H,27,29)(H,28,30,31). The van der Waals surface area contributed by atoms with Gasteiger partial charge in [-0.25, -0.2) is 9.97 Å². The van der Waals surface area contributed by atoms with Crippen molar-refractivity contribution in [3.8, 4) is 33.6 Å². The van der Waals surface area contributed by atoms with Gasteiger partial charge in [-0.2, -0.15) is 5.10 Å². The van der Waals surface area contributed by atoms with Crippen molar-refractivity contribution in [2.24, 2.45) is 0 Å². The number of nitrogens with one attached hydrogen (secondary N) is 2. The number of aromatic amines is 2. The van der Waals surface area contributed by atoms with Gasteiger partial charge in [-0.3, -0.25) is 15.1 Å². The third-order valence-corrected chi connectivity index (χ3v) is 5.29. The number of nitrogen functional groups attached to an aromatic ring is 1. The van der Waals surface area contributed by atoms with E-state index in [9.17, 15) is 0 Å². The Labute approximate surface area is 176 Å². The molecule has 0 amide bonds. The van der Waals surface area contributed by atoms with Gasteiger partial charge in [0.05, 0.1) is 11.4 Å². The lowest BCUT2D eigenvalue weighted by Crippen LogP contribution is -1.88. The maximum absolute atomic E-state index is 5.90. The van der Waals surface area contributed by atoms with Crippen LogP contribution in [0.4, 0.5) is 5.69 Å². The van der Waals surface area contributed by atoms with Gasteiger partial charge in [-0.15, -0.1) is 0 Å². The number of nitrogens with two attached hydrogens (primary N) is 1. The zero-order valence-electron chi connectivity index (χ0n) is 16.2. The fourth-order valence-corrected chi connectivity index (χ4v) is 3.82. The zero-order chi connectivity index (χ0) is 20.8. The van der Waals surface area contributed by atoms with E-state index in [1.54, 1.807) is 37.2 Å². The number of hydrogen-bond donors (Lipinski definition) is 3. The maximum Gasteiger partial charge on any atom is 0.155 e. The Bertz CT molecular complexity index is 1550. The van der Waals surface area contributed by atoms with Crippen LogP contribution in [0.15, 0.2) is 73.6 Å². The molecule has 0 saturated carbocycles. The molecule has 0 aliphatic carbocycles. The minimum atomic E-state index is 0.607. The topological polar surface area (TPSA) is 122 Å². The minimum Gasteiger partial charge on any atom is -0.397 e. The second kappa shape index (κ2) is 6.74. The molecule has 6 aromatic heterocycles. The molecule has 0 unspecified atom stereocenters. The molecule has 8 nitrogen and oxygen atoms in total. The predicted molar refractivity (Wildman–Crippen MR) is 120 cm³/mol. The van der Waals surface area contributed by atoms with Gasteiger partial charge in [0, 0.05) is 59.1 Å². The molecule has 0 bridgehead atoms. The fourth-order valence-electron chi connectivity index (χ4n) is 3.82. The summed E-state index contributed by atoms with van der Waals surface area (Å²) in [5.41, 5.74) is 13.6. The number of fused-ring (bicyclic) bond motifs is 2. The summed E-state index contributed by atoms with van der Waals surface area (Å²) in [5, 5.41) is 9.45. The Hall–Kier alpha value is -4.59. The molecule has 0 aromatic carbocycles. The number of hydrogen-bond acceptors (Lipinski definition) is 6. The van der Waals surface area contributed by atoms with Crippen LogP contribution < -0.4 is 5.73 Å². The van der Waals surface area contributed by atoms with Crippen molar-refractivity contribution in [1.82, 2.24) is 35.1 Å². The average Bonchev–Trinajstić information content (AvgIpc) is 3.43. The Balaban J connectivity index is 1.51. The molecule has 0 saturated heterocycles. The lowest BCUT2D eigenvalue weighted by Gasteiger charge is -2.02. The molecule has 0 spiro atoms. The van der Waals surface area contributed by atoms with E-state index in [0.29, 0.717) is 11.3 Å². The molecule has 0 fully saturated rings. The van der Waals surface area contributed by atoms with E-state index in [1.807, 2.05) is 30.3 Å². The van der Waals surface area contributed by atoms with Gasteiger partial charge in [-0.1, -0.05) is 0 Å². The molecule has 4 N–H and O–H groups in total. The van der Waals surface area contributed by atoms with Gasteiger partial charge in [-0.05, 0) is 47.5 Å². The molecule has 6 rings (SSSR count). The van der Waals surface area contributed by atoms with E-state index in [2.05, 4.69) is 41.2 Å². The van der Waals surface area contributed by atoms with Crippen LogP contribution in [0, 0.1) is 0 Å². The summed E-state index contributed by atoms with van der Waals surface area (Å²) >= 11 is 0. The zero-order valence-corrected chi connectivity index (χ0v) is 16.2. The van der Waals surface area contributed by atoms with E-state index in [1.165, 1.54) is 0 Å². The minimum absolute atomic E-state index is 0.607. The highest BCUT2D eigenvalue weighted by atomic mass is 15.2. The third kappa shape index (κ3) is 2.89. The third-order valence-electron chi connectivity index (χ3n) is 5.29. The van der Waals surface area contributed by atoms with Crippen molar-refractivity contribution in [2.45, 2.75) is 0 Å². The molecule has 0 aliphatic heterocycles. The van der Waals surface area contributed by atoms with E-state index in [4.69, 9.17) is 5.73 Å². The highest BCUT2D eigenvalue weighted by Gasteiger charge is 2.15. The molecule has 31 heavy (non-hydrogen) atoms. The van der Waals surface area contributed by atoms with Crippen molar-refractivity contribution >= 4 is 27.8 Å². The van der Waals surface area contributed by atoms with Crippen LogP contribution in [0.3, 0.4) is 0 Å². The van der Waals surface area contributed by atoms with Gasteiger partial charge in [0.1, 0.15) is 11.3 Å². The van der Waals surface area contributed by atoms with Gasteiger partial charge in [0.15, 0.2) is 5.65 Å². The smallest absolute Gasteiger partial charge is 0.155 e. The number of nitrogens with zero attached hydrogens (tertiary/aromatic N) is 5. The van der Waals surface area contributed by atoms with Crippen LogP contribution >= 0.6 is 0 Å². The Morgan fingerprint density at radius 1 is 0.710 bits per heavy atom. The first-order valence-corrected chi connectivity index (χ1v) is 9.70. The van der Waals surface area contributed by atoms with Gasteiger partial charge in [0.25, 0.3) is 0 Å². The van der Waals surface area contributed by atoms with Crippen molar-refractivity contribution in [3.63, 3.8) is 0 Å². The molecule has 6 aromatic rings. The second-order valence-corrected chi connectivity index (χ2v) is 7.24. The quantitative estimate of drug-likeness (QED) is 0.406. The normalized spacial score (nSPS) is 11.4. The number of anilines is 1. The first-order valence-electron chi connectivity index (χ1n) is 9.70. The van der Waals surface area contributed by atoms with Crippen LogP contribution in [0.25, 0.3) is 55.7 Å². The highest BCUT2D eigenvalue weighted by molar-refractivity contribution is 5.99. The van der Waals surface area contributed by atoms with E-state index >= 15 is 0 Å². The summed E-state index contributed by atoms with van der Waals surface area (Å²) in [7, 11) is 0. The summed E-state index contributed by atoms with van der Waals surface area (Å²) in [5.74, 6) is 0. The summed E-state index contributed by atoms with van der Waals surface area (Å²) < 4.78 is 0. The van der Waals surface area contributed by atoms with Crippen LogP contribution in [0.1, 0.15) is 0 Å². The molecular weight excluding hydrogens is 388 g/mol. The summed E-state index contributed by atoms with van der Waals surface area (Å²) in [6, 6.07) is 12.0. The van der Waals surface area contributed by atoms with Crippen molar-refractivity contribution < 1.29 is 0 Å². The molecule has 8 heteroatoms. The van der Waals surface area contributed by atoms with Crippen LogP contribution in [-0.4, -0.2) is 35.1 Å². The highest BCUT2D eigenvalue weighted by Crippen LogP contribution is 2.33. The number of pyridine rings is 4. The van der Waals surface area contributed by atoms with Gasteiger partial charge in [0.2, 0.25) is 0 Å². The monoisotopic (exact) mass is 404 g/mol. The molecule has 6 heterocycles. The summed E-state index contributed by atoms with van der Waals surface area (Å²) in [6.07, 6.45) is 10.6. The average molecular weight is 404 g/mol. The Morgan fingerprint density at radius 3 is 2.45 bits per heavy atom. The molecule has 0 radical (unpaired) electrons. The first-order chi connectivity index (χ1) is 15.3. The van der Waals surface area contributed by atoms with E-state index < -0.39 is 0 Å². The van der Waals surface area contributed by atoms with E-state index in [0.717, 1.165) is 50.1 Å². The maximum atomic E-state index is 5.90. The largest absolute Gasteiger partial charge is 0.397 e.